The number of ether oxygens (including phenoxy) is 1. The molecule has 0 bridgehead atoms. The van der Waals surface area contributed by atoms with Crippen molar-refractivity contribution >= 4 is 39.5 Å². The summed E-state index contributed by atoms with van der Waals surface area (Å²) in [6.07, 6.45) is 4.78. The van der Waals surface area contributed by atoms with Gasteiger partial charge < -0.3 is 14.9 Å². The molecule has 4 rings (SSSR count). The van der Waals surface area contributed by atoms with E-state index >= 15 is 0 Å². The third kappa shape index (κ3) is 6.09. The number of benzene rings is 1. The molecule has 31 heavy (non-hydrogen) atoms. The van der Waals surface area contributed by atoms with E-state index in [9.17, 15) is 0 Å². The summed E-state index contributed by atoms with van der Waals surface area (Å²) in [5, 5.41) is 5.00. The highest BCUT2D eigenvalue weighted by Gasteiger charge is 2.12. The molecular formula is C22H26N6O2S. The van der Waals surface area contributed by atoms with Gasteiger partial charge in [-0.2, -0.15) is 10.1 Å². The maximum atomic E-state index is 6.06. The number of hydrogen-bond acceptors (Lipinski definition) is 9. The molecule has 4 aromatic rings. The third-order valence-corrected chi connectivity index (χ3v) is 5.17. The lowest BCUT2D eigenvalue weighted by molar-refractivity contribution is 0.162. The van der Waals surface area contributed by atoms with Crippen LogP contribution in [0.5, 0.6) is 0 Å². The average molecular weight is 439 g/mol. The number of nitrogens with zero attached hydrogens (tertiary/aromatic N) is 4. The topological polar surface area (TPSA) is 111 Å². The summed E-state index contributed by atoms with van der Waals surface area (Å²) >= 11 is 1.46. The number of nitrogen functional groups attached to an aromatic ring is 1. The molecule has 8 nitrogen and oxygen atoms in total. The van der Waals surface area contributed by atoms with Gasteiger partial charge in [0.25, 0.3) is 0 Å². The van der Waals surface area contributed by atoms with Crippen LogP contribution in [0.25, 0.3) is 20.9 Å². The van der Waals surface area contributed by atoms with Crippen LogP contribution in [0.1, 0.15) is 30.5 Å². The van der Waals surface area contributed by atoms with E-state index in [4.69, 9.17) is 14.9 Å². The molecule has 162 valence electrons. The number of aryl methyl sites for hydroxylation is 2. The van der Waals surface area contributed by atoms with E-state index in [0.717, 1.165) is 33.9 Å². The molecule has 0 fully saturated rings. The van der Waals surface area contributed by atoms with Gasteiger partial charge in [-0.3, -0.25) is 0 Å². The Labute approximate surface area is 185 Å². The van der Waals surface area contributed by atoms with E-state index in [-0.39, 0.29) is 0 Å². The Morgan fingerprint density at radius 1 is 1.13 bits per heavy atom. The van der Waals surface area contributed by atoms with E-state index in [1.807, 2.05) is 19.9 Å². The SMILES string of the molecule is CCOCC.Cc1cc(C)cc(/C=N/Nc2nc(N)c3cc(-c4cnco4)sc3n2)c1. The first-order valence-corrected chi connectivity index (χ1v) is 10.7. The Morgan fingerprint density at radius 3 is 2.48 bits per heavy atom. The molecule has 0 atom stereocenters. The van der Waals surface area contributed by atoms with Crippen molar-refractivity contribution in [1.82, 2.24) is 15.0 Å². The van der Waals surface area contributed by atoms with Gasteiger partial charge in [-0.25, -0.2) is 15.4 Å². The van der Waals surface area contributed by atoms with E-state index in [2.05, 4.69) is 57.5 Å². The molecule has 0 saturated carbocycles. The van der Waals surface area contributed by atoms with Gasteiger partial charge in [0.1, 0.15) is 10.6 Å². The minimum Gasteiger partial charge on any atom is -0.443 e. The third-order valence-electron chi connectivity index (χ3n) is 4.13. The summed E-state index contributed by atoms with van der Waals surface area (Å²) in [5.41, 5.74) is 12.3. The molecule has 0 aliphatic heterocycles. The summed E-state index contributed by atoms with van der Waals surface area (Å²) in [4.78, 5) is 14.3. The van der Waals surface area contributed by atoms with Crippen molar-refractivity contribution in [3.8, 4) is 10.6 Å². The number of nitrogens with two attached hydrogens (primary N) is 1. The zero-order chi connectivity index (χ0) is 22.2. The molecule has 0 radical (unpaired) electrons. The zero-order valence-corrected chi connectivity index (χ0v) is 18.9. The van der Waals surface area contributed by atoms with Gasteiger partial charge in [0.05, 0.1) is 22.7 Å². The molecular weight excluding hydrogens is 412 g/mol. The minimum absolute atomic E-state index is 0.349. The normalized spacial score (nSPS) is 11.0. The highest BCUT2D eigenvalue weighted by molar-refractivity contribution is 7.21. The molecule has 3 heterocycles. The van der Waals surface area contributed by atoms with Crippen molar-refractivity contribution in [3.05, 3.63) is 53.5 Å². The van der Waals surface area contributed by atoms with Crippen molar-refractivity contribution in [3.63, 3.8) is 0 Å². The number of fused-ring (bicyclic) bond motifs is 1. The van der Waals surface area contributed by atoms with E-state index in [1.54, 1.807) is 12.4 Å². The number of aromatic nitrogens is 3. The molecule has 0 aliphatic rings. The summed E-state index contributed by atoms with van der Waals surface area (Å²) in [6.45, 7) is 9.77. The number of hydrogen-bond donors (Lipinski definition) is 2. The Hall–Kier alpha value is -3.30. The van der Waals surface area contributed by atoms with Crippen molar-refractivity contribution < 1.29 is 9.15 Å². The smallest absolute Gasteiger partial charge is 0.246 e. The number of rotatable bonds is 6. The Bertz CT molecular complexity index is 1130. The van der Waals surface area contributed by atoms with Crippen LogP contribution in [0.3, 0.4) is 0 Å². The van der Waals surface area contributed by atoms with Gasteiger partial charge in [0.15, 0.2) is 12.2 Å². The first-order chi connectivity index (χ1) is 15.0. The number of hydrazone groups is 1. The minimum atomic E-state index is 0.349. The van der Waals surface area contributed by atoms with E-state index < -0.39 is 0 Å². The van der Waals surface area contributed by atoms with Crippen LogP contribution in [0.2, 0.25) is 0 Å². The maximum absolute atomic E-state index is 6.06. The molecule has 3 N–H and O–H groups in total. The Kier molecular flexibility index (Phi) is 7.69. The monoisotopic (exact) mass is 438 g/mol. The van der Waals surface area contributed by atoms with Crippen LogP contribution in [-0.2, 0) is 4.74 Å². The number of oxazole rings is 1. The van der Waals surface area contributed by atoms with Gasteiger partial charge in [0.2, 0.25) is 5.95 Å². The summed E-state index contributed by atoms with van der Waals surface area (Å²) in [7, 11) is 0. The lowest BCUT2D eigenvalue weighted by Crippen LogP contribution is -2.00. The van der Waals surface area contributed by atoms with Crippen LogP contribution in [-0.4, -0.2) is 34.4 Å². The molecule has 0 saturated heterocycles. The molecule has 0 amide bonds. The highest BCUT2D eigenvalue weighted by atomic mass is 32.1. The Balaban J connectivity index is 0.000000491. The van der Waals surface area contributed by atoms with Gasteiger partial charge in [-0.15, -0.1) is 11.3 Å². The fourth-order valence-electron chi connectivity index (χ4n) is 2.91. The summed E-state index contributed by atoms with van der Waals surface area (Å²) in [5.74, 6) is 1.41. The summed E-state index contributed by atoms with van der Waals surface area (Å²) in [6, 6.07) is 8.13. The first kappa shape index (κ1) is 22.4. The maximum Gasteiger partial charge on any atom is 0.246 e. The van der Waals surface area contributed by atoms with E-state index in [1.165, 1.54) is 28.9 Å². The molecule has 1 aromatic carbocycles. The molecule has 0 unspecified atom stereocenters. The van der Waals surface area contributed by atoms with Gasteiger partial charge in [0, 0.05) is 13.2 Å². The lowest BCUT2D eigenvalue weighted by Gasteiger charge is -2.02. The van der Waals surface area contributed by atoms with Crippen molar-refractivity contribution in [2.75, 3.05) is 24.4 Å². The second-order valence-electron chi connectivity index (χ2n) is 6.70. The predicted molar refractivity (Wildman–Crippen MR) is 127 cm³/mol. The molecule has 3 aromatic heterocycles. The zero-order valence-electron chi connectivity index (χ0n) is 18.0. The van der Waals surface area contributed by atoms with Crippen molar-refractivity contribution in [2.24, 2.45) is 5.10 Å². The second kappa shape index (κ2) is 10.6. The highest BCUT2D eigenvalue weighted by Crippen LogP contribution is 2.34. The number of thiophene rings is 1. The van der Waals surface area contributed by atoms with Gasteiger partial charge in [-0.05, 0) is 39.3 Å². The van der Waals surface area contributed by atoms with Crippen molar-refractivity contribution in [1.29, 1.82) is 0 Å². The fourth-order valence-corrected chi connectivity index (χ4v) is 3.90. The summed E-state index contributed by atoms with van der Waals surface area (Å²) < 4.78 is 10.2. The lowest BCUT2D eigenvalue weighted by atomic mass is 10.1. The quantitative estimate of drug-likeness (QED) is 0.320. The van der Waals surface area contributed by atoms with Gasteiger partial charge >= 0.3 is 0 Å². The van der Waals surface area contributed by atoms with E-state index in [0.29, 0.717) is 17.5 Å². The van der Waals surface area contributed by atoms with Crippen LogP contribution >= 0.6 is 11.3 Å². The predicted octanol–water partition coefficient (Wildman–Crippen LogP) is 5.03. The molecule has 0 aliphatic carbocycles. The first-order valence-electron chi connectivity index (χ1n) is 9.91. The average Bonchev–Trinajstić information content (AvgIpc) is 3.38. The van der Waals surface area contributed by atoms with Crippen molar-refractivity contribution in [2.45, 2.75) is 27.7 Å². The van der Waals surface area contributed by atoms with Crippen LogP contribution in [0.4, 0.5) is 11.8 Å². The standard InChI is InChI=1S/C18H16N6OS.C4H10O/c1-10-3-11(2)5-12(4-10)7-21-24-18-22-16(19)13-6-15(26-17(13)23-18)14-8-20-9-25-14;1-3-5-4-2/h3-9H,1-2H3,(H3,19,22,23,24);3-4H2,1-2H3/b21-7+;. The van der Waals surface area contributed by atoms with Crippen LogP contribution in [0, 0.1) is 13.8 Å². The van der Waals surface area contributed by atoms with Crippen LogP contribution in [0.15, 0.2) is 46.4 Å². The number of anilines is 2. The molecule has 0 spiro atoms. The largest absolute Gasteiger partial charge is 0.443 e. The van der Waals surface area contributed by atoms with Crippen LogP contribution < -0.4 is 11.2 Å². The molecule has 9 heteroatoms. The Morgan fingerprint density at radius 2 is 1.87 bits per heavy atom. The fraction of sp³-hybridized carbons (Fsp3) is 0.273. The second-order valence-corrected chi connectivity index (χ2v) is 7.73. The number of nitrogens with one attached hydrogen (secondary N) is 1. The van der Waals surface area contributed by atoms with Gasteiger partial charge in [-0.1, -0.05) is 29.3 Å².